The zero-order valence-electron chi connectivity index (χ0n) is 10.2. The minimum atomic E-state index is -3.02. The van der Waals surface area contributed by atoms with Crippen molar-refractivity contribution in [2.75, 3.05) is 13.7 Å². The molecule has 2 bridgehead atoms. The van der Waals surface area contributed by atoms with Crippen LogP contribution in [0.2, 0.25) is 0 Å². The van der Waals surface area contributed by atoms with Crippen molar-refractivity contribution in [3.63, 3.8) is 0 Å². The molecule has 17 heavy (non-hydrogen) atoms. The molecule has 0 aromatic carbocycles. The highest BCUT2D eigenvalue weighted by molar-refractivity contribution is 5.79. The molecule has 0 spiro atoms. The molecule has 0 aromatic rings. The Labute approximate surface area is 99.5 Å². The van der Waals surface area contributed by atoms with Gasteiger partial charge in [0, 0.05) is 13.5 Å². The first-order valence-corrected chi connectivity index (χ1v) is 6.02. The minimum Gasteiger partial charge on any atom is -0.465 e. The van der Waals surface area contributed by atoms with Crippen molar-refractivity contribution >= 4 is 5.97 Å². The van der Waals surface area contributed by atoms with Crippen molar-refractivity contribution in [2.24, 2.45) is 5.41 Å². The second-order valence-electron chi connectivity index (χ2n) is 5.07. The Morgan fingerprint density at radius 3 is 2.24 bits per heavy atom. The van der Waals surface area contributed by atoms with Crippen LogP contribution in [0.4, 0.5) is 8.78 Å². The number of halogens is 2. The number of hydrogen-bond donors (Lipinski definition) is 0. The van der Waals surface area contributed by atoms with E-state index in [-0.39, 0.29) is 25.9 Å². The van der Waals surface area contributed by atoms with Crippen LogP contribution in [0.5, 0.6) is 0 Å². The Morgan fingerprint density at radius 2 is 1.82 bits per heavy atom. The Kier molecular flexibility index (Phi) is 2.92. The first-order chi connectivity index (χ1) is 7.91. The number of esters is 1. The Hall–Kier alpha value is -0.710. The molecule has 3 aliphatic carbocycles. The van der Waals surface area contributed by atoms with E-state index in [1.807, 2.05) is 0 Å². The molecule has 3 rings (SSSR count). The summed E-state index contributed by atoms with van der Waals surface area (Å²) in [6, 6.07) is 0. The van der Waals surface area contributed by atoms with Gasteiger partial charge < -0.3 is 9.47 Å². The molecule has 0 saturated heterocycles. The topological polar surface area (TPSA) is 35.5 Å². The second kappa shape index (κ2) is 3.90. The van der Waals surface area contributed by atoms with Crippen LogP contribution >= 0.6 is 0 Å². The third-order valence-corrected chi connectivity index (χ3v) is 4.36. The monoisotopic (exact) mass is 248 g/mol. The third kappa shape index (κ3) is 1.66. The van der Waals surface area contributed by atoms with Crippen LogP contribution in [0.15, 0.2) is 0 Å². The number of ether oxygens (including phenoxy) is 2. The van der Waals surface area contributed by atoms with Crippen LogP contribution in [-0.2, 0) is 14.3 Å². The molecule has 3 nitrogen and oxygen atoms in total. The lowest BCUT2D eigenvalue weighted by atomic mass is 9.56. The first-order valence-electron chi connectivity index (χ1n) is 6.02. The number of alkyl halides is 2. The molecule has 0 atom stereocenters. The Bertz CT molecular complexity index is 320. The average molecular weight is 248 g/mol. The van der Waals surface area contributed by atoms with Crippen molar-refractivity contribution in [1.29, 1.82) is 0 Å². The predicted molar refractivity (Wildman–Crippen MR) is 56.8 cm³/mol. The maximum atomic E-state index is 14.2. The number of carbonyl (C=O) groups excluding carboxylic acids is 1. The fraction of sp³-hybridized carbons (Fsp3) is 0.917. The summed E-state index contributed by atoms with van der Waals surface area (Å²) in [6.45, 7) is 1.78. The van der Waals surface area contributed by atoms with Crippen molar-refractivity contribution in [3.8, 4) is 0 Å². The van der Waals surface area contributed by atoms with Gasteiger partial charge in [-0.3, -0.25) is 4.79 Å². The van der Waals surface area contributed by atoms with Crippen LogP contribution in [-0.4, -0.2) is 31.2 Å². The van der Waals surface area contributed by atoms with Gasteiger partial charge in [0.05, 0.1) is 12.2 Å². The predicted octanol–water partition coefficient (Wildman–Crippen LogP) is 2.53. The second-order valence-corrected chi connectivity index (χ2v) is 5.07. The van der Waals surface area contributed by atoms with Crippen LogP contribution in [0, 0.1) is 5.41 Å². The molecular formula is C12H18F2O3. The molecule has 3 fully saturated rings. The molecule has 0 unspecified atom stereocenters. The van der Waals surface area contributed by atoms with Crippen LogP contribution in [0.1, 0.15) is 39.0 Å². The van der Waals surface area contributed by atoms with E-state index in [4.69, 9.17) is 9.47 Å². The highest BCUT2D eigenvalue weighted by Gasteiger charge is 2.69. The zero-order valence-corrected chi connectivity index (χ0v) is 10.2. The van der Waals surface area contributed by atoms with E-state index in [1.165, 1.54) is 7.11 Å². The van der Waals surface area contributed by atoms with Gasteiger partial charge in [-0.15, -0.1) is 0 Å². The Morgan fingerprint density at radius 1 is 1.24 bits per heavy atom. The van der Waals surface area contributed by atoms with E-state index >= 15 is 0 Å². The smallest absolute Gasteiger partial charge is 0.318 e. The third-order valence-electron chi connectivity index (χ3n) is 4.36. The number of carbonyl (C=O) groups is 1. The molecule has 3 aliphatic rings. The van der Waals surface area contributed by atoms with Gasteiger partial charge in [0.2, 0.25) is 0 Å². The lowest BCUT2D eigenvalue weighted by Gasteiger charge is -2.54. The summed E-state index contributed by atoms with van der Waals surface area (Å²) in [6.07, 6.45) is 0.977. The molecule has 0 radical (unpaired) electrons. The number of rotatable bonds is 3. The van der Waals surface area contributed by atoms with Gasteiger partial charge in [0.15, 0.2) is 0 Å². The fourth-order valence-electron chi connectivity index (χ4n) is 3.15. The summed E-state index contributed by atoms with van der Waals surface area (Å²) in [5.41, 5.74) is -2.35. The van der Waals surface area contributed by atoms with Gasteiger partial charge in [-0.1, -0.05) is 0 Å². The molecule has 3 saturated carbocycles. The van der Waals surface area contributed by atoms with E-state index in [9.17, 15) is 13.6 Å². The zero-order chi connectivity index (χ0) is 12.7. The molecule has 0 N–H and O–H groups in total. The molecule has 5 heteroatoms. The number of fused-ring (bicyclic) bond motifs is 3. The van der Waals surface area contributed by atoms with E-state index in [0.717, 1.165) is 0 Å². The van der Waals surface area contributed by atoms with E-state index < -0.39 is 22.9 Å². The summed E-state index contributed by atoms with van der Waals surface area (Å²) in [7, 11) is 1.47. The van der Waals surface area contributed by atoms with Crippen molar-refractivity contribution in [3.05, 3.63) is 0 Å². The molecular weight excluding hydrogens is 230 g/mol. The quantitative estimate of drug-likeness (QED) is 0.720. The summed E-state index contributed by atoms with van der Waals surface area (Å²) in [4.78, 5) is 11.8. The van der Waals surface area contributed by atoms with Gasteiger partial charge in [-0.2, -0.15) is 0 Å². The maximum absolute atomic E-state index is 14.2. The molecule has 0 amide bonds. The molecule has 0 aromatic heterocycles. The molecule has 0 aliphatic heterocycles. The fourth-order valence-corrected chi connectivity index (χ4v) is 3.15. The lowest BCUT2D eigenvalue weighted by Crippen LogP contribution is -2.62. The standard InChI is InChI=1S/C12H18F2O3/c1-3-17-9(15)11-6-4-10(16-2,5-7-11)8-12(11,13)14/h3-8H2,1-2H3. The van der Waals surface area contributed by atoms with Gasteiger partial charge in [-0.05, 0) is 32.6 Å². The van der Waals surface area contributed by atoms with Gasteiger partial charge in [-0.25, -0.2) is 8.78 Å². The summed E-state index contributed by atoms with van der Waals surface area (Å²) < 4.78 is 38.5. The van der Waals surface area contributed by atoms with E-state index in [0.29, 0.717) is 12.8 Å². The highest BCUT2D eigenvalue weighted by atomic mass is 19.3. The van der Waals surface area contributed by atoms with Crippen molar-refractivity contribution < 1.29 is 23.0 Å². The Balaban J connectivity index is 2.28. The van der Waals surface area contributed by atoms with Crippen LogP contribution in [0.25, 0.3) is 0 Å². The van der Waals surface area contributed by atoms with E-state index in [2.05, 4.69) is 0 Å². The number of hydrogen-bond acceptors (Lipinski definition) is 3. The largest absolute Gasteiger partial charge is 0.465 e. The number of methoxy groups -OCH3 is 1. The SMILES string of the molecule is CCOC(=O)C12CCC(OC)(CC1)CC2(F)F. The van der Waals surface area contributed by atoms with E-state index in [1.54, 1.807) is 6.92 Å². The lowest BCUT2D eigenvalue weighted by molar-refractivity contribution is -0.254. The van der Waals surface area contributed by atoms with Gasteiger partial charge in [0.1, 0.15) is 5.41 Å². The van der Waals surface area contributed by atoms with Crippen molar-refractivity contribution in [1.82, 2.24) is 0 Å². The van der Waals surface area contributed by atoms with Crippen molar-refractivity contribution in [2.45, 2.75) is 50.6 Å². The van der Waals surface area contributed by atoms with Crippen LogP contribution in [0.3, 0.4) is 0 Å². The molecule has 0 heterocycles. The highest BCUT2D eigenvalue weighted by Crippen LogP contribution is 2.61. The summed E-state index contributed by atoms with van der Waals surface area (Å²) in [5, 5.41) is 0. The maximum Gasteiger partial charge on any atom is 0.318 e. The minimum absolute atomic E-state index is 0.145. The first kappa shape index (κ1) is 12.7. The van der Waals surface area contributed by atoms with Gasteiger partial charge >= 0.3 is 5.97 Å². The molecule has 98 valence electrons. The summed E-state index contributed by atoms with van der Waals surface area (Å²) in [5.74, 6) is -3.76. The average Bonchev–Trinajstić information content (AvgIpc) is 2.29. The summed E-state index contributed by atoms with van der Waals surface area (Å²) >= 11 is 0. The van der Waals surface area contributed by atoms with Crippen LogP contribution < -0.4 is 0 Å². The normalized spacial score (nSPS) is 39.1. The van der Waals surface area contributed by atoms with Gasteiger partial charge in [0.25, 0.3) is 5.92 Å².